The molecule has 3 rings (SSSR count). The van der Waals surface area contributed by atoms with Gasteiger partial charge in [-0.15, -0.1) is 0 Å². The van der Waals surface area contributed by atoms with Crippen LogP contribution in [0.25, 0.3) is 0 Å². The molecule has 6 heteroatoms. The molecule has 2 aliphatic rings. The van der Waals surface area contributed by atoms with Gasteiger partial charge in [-0.2, -0.15) is 0 Å². The van der Waals surface area contributed by atoms with Gasteiger partial charge in [0.1, 0.15) is 5.82 Å². The van der Waals surface area contributed by atoms with Gasteiger partial charge in [0.15, 0.2) is 0 Å². The van der Waals surface area contributed by atoms with Crippen LogP contribution in [0, 0.1) is 5.82 Å². The molecule has 112 valence electrons. The summed E-state index contributed by atoms with van der Waals surface area (Å²) in [5, 5.41) is 2.59. The summed E-state index contributed by atoms with van der Waals surface area (Å²) in [6.07, 6.45) is 1.06. The van der Waals surface area contributed by atoms with Crippen LogP contribution in [-0.2, 0) is 10.2 Å². The first-order valence-electron chi connectivity index (χ1n) is 7.04. The number of carbonyl (C=O) groups excluding carboxylic acids is 2. The predicted octanol–water partition coefficient (Wildman–Crippen LogP) is 1.48. The molecule has 1 spiro atoms. The van der Waals surface area contributed by atoms with Crippen molar-refractivity contribution in [3.8, 4) is 0 Å². The van der Waals surface area contributed by atoms with Gasteiger partial charge in [0.25, 0.3) is 0 Å². The van der Waals surface area contributed by atoms with Crippen LogP contribution < -0.4 is 10.2 Å². The van der Waals surface area contributed by atoms with Gasteiger partial charge in [-0.05, 0) is 36.6 Å². The third-order valence-electron chi connectivity index (χ3n) is 4.67. The molecule has 1 N–H and O–H groups in total. The standard InChI is InChI=1S/C15H18FN3O2/c1-17-14(21)19-7-5-15(6-8-19)11-9-10(16)3-4-12(11)18(2)13(15)20/h3-4,9H,5-8H2,1-2H3,(H,17,21). The molecule has 0 bridgehead atoms. The fraction of sp³-hybridized carbons (Fsp3) is 0.467. The summed E-state index contributed by atoms with van der Waals surface area (Å²) in [5.74, 6) is -0.329. The number of nitrogens with one attached hydrogen (secondary N) is 1. The second-order valence-electron chi connectivity index (χ2n) is 5.65. The van der Waals surface area contributed by atoms with Crippen molar-refractivity contribution in [1.82, 2.24) is 10.2 Å². The van der Waals surface area contributed by atoms with E-state index in [-0.39, 0.29) is 17.8 Å². The summed E-state index contributed by atoms with van der Waals surface area (Å²) in [7, 11) is 3.31. The zero-order chi connectivity index (χ0) is 15.2. The van der Waals surface area contributed by atoms with E-state index in [9.17, 15) is 14.0 Å². The van der Waals surface area contributed by atoms with Crippen molar-refractivity contribution in [2.24, 2.45) is 0 Å². The van der Waals surface area contributed by atoms with Crippen LogP contribution in [0.2, 0.25) is 0 Å². The number of anilines is 1. The van der Waals surface area contributed by atoms with Crippen LogP contribution in [0.1, 0.15) is 18.4 Å². The van der Waals surface area contributed by atoms with Crippen LogP contribution >= 0.6 is 0 Å². The fourth-order valence-corrected chi connectivity index (χ4v) is 3.46. The van der Waals surface area contributed by atoms with Crippen molar-refractivity contribution in [2.75, 3.05) is 32.1 Å². The molecule has 0 unspecified atom stereocenters. The van der Waals surface area contributed by atoms with E-state index in [1.807, 2.05) is 0 Å². The molecule has 0 radical (unpaired) electrons. The maximum atomic E-state index is 13.6. The number of fused-ring (bicyclic) bond motifs is 2. The Morgan fingerprint density at radius 2 is 2.00 bits per heavy atom. The molecule has 2 aliphatic heterocycles. The number of likely N-dealkylation sites (tertiary alicyclic amines) is 1. The number of amides is 3. The number of halogens is 1. The molecular formula is C15H18FN3O2. The van der Waals surface area contributed by atoms with Gasteiger partial charge < -0.3 is 15.1 Å². The van der Waals surface area contributed by atoms with E-state index in [2.05, 4.69) is 5.32 Å². The molecule has 1 aromatic carbocycles. The zero-order valence-corrected chi connectivity index (χ0v) is 12.1. The van der Waals surface area contributed by atoms with E-state index < -0.39 is 5.41 Å². The normalized spacial score (nSPS) is 19.9. The van der Waals surface area contributed by atoms with Gasteiger partial charge >= 0.3 is 6.03 Å². The number of hydrogen-bond donors (Lipinski definition) is 1. The summed E-state index contributed by atoms with van der Waals surface area (Å²) in [5.41, 5.74) is 0.845. The van der Waals surface area contributed by atoms with Gasteiger partial charge in [0.05, 0.1) is 5.41 Å². The Bertz CT molecular complexity index is 609. The van der Waals surface area contributed by atoms with Crippen molar-refractivity contribution in [2.45, 2.75) is 18.3 Å². The minimum Gasteiger partial charge on any atom is -0.341 e. The smallest absolute Gasteiger partial charge is 0.317 e. The van der Waals surface area contributed by atoms with Crippen molar-refractivity contribution < 1.29 is 14.0 Å². The van der Waals surface area contributed by atoms with E-state index in [4.69, 9.17) is 0 Å². The number of nitrogens with zero attached hydrogens (tertiary/aromatic N) is 2. The number of benzene rings is 1. The highest BCUT2D eigenvalue weighted by Gasteiger charge is 2.51. The highest BCUT2D eigenvalue weighted by Crippen LogP contribution is 2.47. The molecule has 3 amide bonds. The Hall–Kier alpha value is -2.11. The Morgan fingerprint density at radius 1 is 1.33 bits per heavy atom. The van der Waals surface area contributed by atoms with Gasteiger partial charge in [0.2, 0.25) is 5.91 Å². The Balaban J connectivity index is 1.95. The van der Waals surface area contributed by atoms with Crippen LogP contribution in [0.15, 0.2) is 18.2 Å². The SMILES string of the molecule is CNC(=O)N1CCC2(CC1)C(=O)N(C)c1ccc(F)cc12. The molecule has 0 aliphatic carbocycles. The molecule has 21 heavy (non-hydrogen) atoms. The monoisotopic (exact) mass is 291 g/mol. The van der Waals surface area contributed by atoms with Crippen molar-refractivity contribution >= 4 is 17.6 Å². The van der Waals surface area contributed by atoms with Gasteiger partial charge in [-0.25, -0.2) is 9.18 Å². The van der Waals surface area contributed by atoms with Crippen LogP contribution in [0.3, 0.4) is 0 Å². The first kappa shape index (κ1) is 13.9. The molecule has 0 saturated carbocycles. The Labute approximate surface area is 122 Å². The summed E-state index contributed by atoms with van der Waals surface area (Å²) in [6, 6.07) is 4.36. The number of piperidine rings is 1. The van der Waals surface area contributed by atoms with E-state index in [1.165, 1.54) is 12.1 Å². The van der Waals surface area contributed by atoms with Crippen LogP contribution in [0.5, 0.6) is 0 Å². The zero-order valence-electron chi connectivity index (χ0n) is 12.1. The van der Waals surface area contributed by atoms with Crippen molar-refractivity contribution in [1.29, 1.82) is 0 Å². The van der Waals surface area contributed by atoms with Gasteiger partial charge in [0, 0.05) is 32.9 Å². The number of carbonyl (C=O) groups is 2. The number of urea groups is 1. The second kappa shape index (κ2) is 4.72. The first-order valence-corrected chi connectivity index (χ1v) is 7.04. The summed E-state index contributed by atoms with van der Waals surface area (Å²) in [4.78, 5) is 27.6. The molecule has 0 aromatic heterocycles. The molecule has 2 heterocycles. The highest BCUT2D eigenvalue weighted by molar-refractivity contribution is 6.07. The third-order valence-corrected chi connectivity index (χ3v) is 4.67. The average Bonchev–Trinajstić information content (AvgIpc) is 2.70. The molecule has 1 aromatic rings. The summed E-state index contributed by atoms with van der Waals surface area (Å²) in [6.45, 7) is 0.990. The Morgan fingerprint density at radius 3 is 2.62 bits per heavy atom. The van der Waals surface area contributed by atoms with Gasteiger partial charge in [-0.3, -0.25) is 4.79 Å². The van der Waals surface area contributed by atoms with E-state index in [0.717, 1.165) is 11.3 Å². The lowest BCUT2D eigenvalue weighted by molar-refractivity contribution is -0.124. The molecular weight excluding hydrogens is 273 g/mol. The topological polar surface area (TPSA) is 52.7 Å². The Kier molecular flexibility index (Phi) is 3.11. The first-order chi connectivity index (χ1) is 9.99. The molecule has 0 atom stereocenters. The van der Waals surface area contributed by atoms with Crippen LogP contribution in [-0.4, -0.2) is 44.0 Å². The largest absolute Gasteiger partial charge is 0.341 e. The lowest BCUT2D eigenvalue weighted by atomic mass is 9.73. The van der Waals surface area contributed by atoms with E-state index >= 15 is 0 Å². The summed E-state index contributed by atoms with van der Waals surface area (Å²) >= 11 is 0. The number of hydrogen-bond acceptors (Lipinski definition) is 2. The average molecular weight is 291 g/mol. The van der Waals surface area contributed by atoms with Crippen LogP contribution in [0.4, 0.5) is 14.9 Å². The third kappa shape index (κ3) is 1.89. The lowest BCUT2D eigenvalue weighted by Gasteiger charge is -2.38. The summed E-state index contributed by atoms with van der Waals surface area (Å²) < 4.78 is 13.6. The second-order valence-corrected chi connectivity index (χ2v) is 5.65. The van der Waals surface area contributed by atoms with Crippen molar-refractivity contribution in [3.63, 3.8) is 0 Å². The molecule has 1 saturated heterocycles. The van der Waals surface area contributed by atoms with Crippen molar-refractivity contribution in [3.05, 3.63) is 29.6 Å². The molecule has 1 fully saturated rings. The van der Waals surface area contributed by atoms with E-state index in [1.54, 1.807) is 30.0 Å². The minimum absolute atomic E-state index is 0.000318. The lowest BCUT2D eigenvalue weighted by Crippen LogP contribution is -2.51. The molecule has 5 nitrogen and oxygen atoms in total. The van der Waals surface area contributed by atoms with Gasteiger partial charge in [-0.1, -0.05) is 0 Å². The number of rotatable bonds is 0. The maximum absolute atomic E-state index is 13.6. The minimum atomic E-state index is -0.684. The predicted molar refractivity (Wildman–Crippen MR) is 76.8 cm³/mol. The highest BCUT2D eigenvalue weighted by atomic mass is 19.1. The fourth-order valence-electron chi connectivity index (χ4n) is 3.46. The quantitative estimate of drug-likeness (QED) is 0.787. The number of likely N-dealkylation sites (N-methyl/N-ethyl adjacent to an activating group) is 1. The maximum Gasteiger partial charge on any atom is 0.317 e. The van der Waals surface area contributed by atoms with E-state index in [0.29, 0.717) is 25.9 Å².